The summed E-state index contributed by atoms with van der Waals surface area (Å²) >= 11 is 0. The molecule has 6 nitrogen and oxygen atoms in total. The quantitative estimate of drug-likeness (QED) is 0.880. The predicted octanol–water partition coefficient (Wildman–Crippen LogP) is 1.09. The number of carbonyl (C=O) groups excluding carboxylic acids is 1. The van der Waals surface area contributed by atoms with Crippen LogP contribution in [0.2, 0.25) is 0 Å². The zero-order valence-corrected chi connectivity index (χ0v) is 12.0. The molecule has 9 heteroatoms. The van der Waals surface area contributed by atoms with Crippen LogP contribution in [-0.4, -0.2) is 22.5 Å². The maximum Gasteiger partial charge on any atom is 0.431 e. The second-order valence-corrected chi connectivity index (χ2v) is 4.55. The zero-order valence-electron chi connectivity index (χ0n) is 12.0. The van der Waals surface area contributed by atoms with Crippen molar-refractivity contribution < 1.29 is 27.8 Å². The van der Waals surface area contributed by atoms with Crippen molar-refractivity contribution in [3.05, 3.63) is 57.8 Å². The summed E-state index contributed by atoms with van der Waals surface area (Å²) in [6.45, 7) is -0.674. The summed E-state index contributed by atoms with van der Waals surface area (Å²) in [6, 6.07) is 6.93. The molecule has 0 atom stereocenters. The van der Waals surface area contributed by atoms with E-state index in [4.69, 9.17) is 4.74 Å². The second kappa shape index (κ2) is 6.99. The molecule has 0 unspecified atom stereocenters. The summed E-state index contributed by atoms with van der Waals surface area (Å²) in [5.41, 5.74) is -2.16. The summed E-state index contributed by atoms with van der Waals surface area (Å²) in [7, 11) is 0. The number of ether oxygens (including phenoxy) is 1. The van der Waals surface area contributed by atoms with Gasteiger partial charge in [-0.05, 0) is 24.3 Å². The lowest BCUT2D eigenvalue weighted by molar-refractivity contribution is -0.307. The van der Waals surface area contributed by atoms with Gasteiger partial charge in [-0.3, -0.25) is 0 Å². The summed E-state index contributed by atoms with van der Waals surface area (Å²) in [5.74, 6) is -1.22. The molecule has 1 aromatic heterocycles. The first-order valence-electron chi connectivity index (χ1n) is 6.54. The monoisotopic (exact) mass is 339 g/mol. The third-order valence-corrected chi connectivity index (χ3v) is 2.77. The molecule has 126 valence electrons. The van der Waals surface area contributed by atoms with Gasteiger partial charge in [0.05, 0.1) is 11.7 Å². The third kappa shape index (κ3) is 4.70. The van der Waals surface area contributed by atoms with Crippen molar-refractivity contribution in [1.82, 2.24) is 9.97 Å². The number of hydrogen-bond donors (Lipinski definition) is 1. The fraction of sp³-hybridized carbons (Fsp3) is 0.133. The van der Waals surface area contributed by atoms with Gasteiger partial charge in [0, 0.05) is 5.56 Å². The van der Waals surface area contributed by atoms with E-state index in [2.05, 4.69) is 4.98 Å². The first-order valence-corrected chi connectivity index (χ1v) is 6.54. The number of hydrogen-bond acceptors (Lipinski definition) is 5. The summed E-state index contributed by atoms with van der Waals surface area (Å²) in [6.07, 6.45) is -2.17. The van der Waals surface area contributed by atoms with Gasteiger partial charge in [-0.25, -0.2) is 4.79 Å². The molecule has 1 N–H and O–H groups in total. The zero-order chi connectivity index (χ0) is 17.7. The Bertz CT molecular complexity index is 828. The van der Waals surface area contributed by atoms with Gasteiger partial charge >= 0.3 is 11.9 Å². The molecular weight excluding hydrogens is 329 g/mol. The number of aliphatic carboxylic acids is 1. The minimum absolute atomic E-state index is 0.193. The molecule has 0 spiro atoms. The van der Waals surface area contributed by atoms with Crippen LogP contribution in [0.1, 0.15) is 17.0 Å². The summed E-state index contributed by atoms with van der Waals surface area (Å²) in [5, 5.41) is 10.4. The van der Waals surface area contributed by atoms with Crippen LogP contribution in [0, 0.1) is 0 Å². The van der Waals surface area contributed by atoms with Crippen LogP contribution in [-0.2, 0) is 11.0 Å². The van der Waals surface area contributed by atoms with Crippen LogP contribution in [0.15, 0.2) is 35.1 Å². The van der Waals surface area contributed by atoms with Gasteiger partial charge in [0.1, 0.15) is 18.1 Å². The van der Waals surface area contributed by atoms with Gasteiger partial charge in [0.2, 0.25) is 0 Å². The van der Waals surface area contributed by atoms with E-state index in [1.54, 1.807) is 23.2 Å². The molecule has 0 aliphatic heterocycles. The Balaban J connectivity index is 2.30. The molecule has 0 saturated carbocycles. The molecule has 0 saturated heterocycles. The third-order valence-electron chi connectivity index (χ3n) is 2.77. The number of H-pyrrole nitrogens is 1. The van der Waals surface area contributed by atoms with E-state index in [1.165, 1.54) is 18.2 Å². The molecule has 0 aliphatic carbocycles. The maximum absolute atomic E-state index is 12.6. The molecule has 0 amide bonds. The Morgan fingerprint density at radius 3 is 2.67 bits per heavy atom. The van der Waals surface area contributed by atoms with E-state index >= 15 is 0 Å². The normalized spacial score (nSPS) is 11.6. The number of halogens is 3. The van der Waals surface area contributed by atoms with Crippen LogP contribution in [0.3, 0.4) is 0 Å². The summed E-state index contributed by atoms with van der Waals surface area (Å²) in [4.78, 5) is 26.7. The number of nitrogens with zero attached hydrogens (tertiary/aromatic N) is 1. The van der Waals surface area contributed by atoms with Crippen LogP contribution < -0.4 is 15.5 Å². The first kappa shape index (κ1) is 17.3. The van der Waals surface area contributed by atoms with E-state index in [0.717, 1.165) is 0 Å². The number of carboxylic acids is 1. The molecule has 0 radical (unpaired) electrons. The molecule has 2 rings (SSSR count). The van der Waals surface area contributed by atoms with Crippen LogP contribution in [0.5, 0.6) is 5.75 Å². The fourth-order valence-corrected chi connectivity index (χ4v) is 1.78. The van der Waals surface area contributed by atoms with Gasteiger partial charge in [0.25, 0.3) is 0 Å². The average molecular weight is 339 g/mol. The molecule has 0 fully saturated rings. The van der Waals surface area contributed by atoms with E-state index in [0.29, 0.717) is 11.6 Å². The number of para-hydroxylation sites is 1. The highest BCUT2D eigenvalue weighted by Crippen LogP contribution is 2.27. The average Bonchev–Trinajstić information content (AvgIpc) is 2.50. The molecule has 0 aliphatic rings. The van der Waals surface area contributed by atoms with Crippen molar-refractivity contribution in [2.24, 2.45) is 0 Å². The SMILES string of the molecule is O=C([O-])COc1ccccc1/C=C\c1cc(C(F)(F)F)[nH]c(=O)n1. The van der Waals surface area contributed by atoms with Gasteiger partial charge in [0.15, 0.2) is 0 Å². The van der Waals surface area contributed by atoms with E-state index in [-0.39, 0.29) is 11.4 Å². The van der Waals surface area contributed by atoms with Gasteiger partial charge in [-0.2, -0.15) is 18.2 Å². The lowest BCUT2D eigenvalue weighted by Gasteiger charge is -2.09. The Kier molecular flexibility index (Phi) is 5.02. The topological polar surface area (TPSA) is 95.1 Å². The first-order chi connectivity index (χ1) is 11.3. The summed E-state index contributed by atoms with van der Waals surface area (Å²) < 4.78 is 43.0. The molecule has 24 heavy (non-hydrogen) atoms. The lowest BCUT2D eigenvalue weighted by Crippen LogP contribution is -2.29. The Morgan fingerprint density at radius 1 is 1.29 bits per heavy atom. The van der Waals surface area contributed by atoms with Crippen LogP contribution >= 0.6 is 0 Å². The van der Waals surface area contributed by atoms with Gasteiger partial charge in [-0.1, -0.05) is 18.2 Å². The number of carbonyl (C=O) groups is 1. The number of rotatable bonds is 5. The van der Waals surface area contributed by atoms with Crippen molar-refractivity contribution in [2.45, 2.75) is 6.18 Å². The highest BCUT2D eigenvalue weighted by Gasteiger charge is 2.32. The van der Waals surface area contributed by atoms with Crippen LogP contribution in [0.4, 0.5) is 13.2 Å². The maximum atomic E-state index is 12.6. The second-order valence-electron chi connectivity index (χ2n) is 4.55. The molecule has 1 aromatic carbocycles. The van der Waals surface area contributed by atoms with Crippen molar-refractivity contribution in [2.75, 3.05) is 6.61 Å². The largest absolute Gasteiger partial charge is 0.546 e. The van der Waals surface area contributed by atoms with E-state index < -0.39 is 30.1 Å². The van der Waals surface area contributed by atoms with Crippen molar-refractivity contribution >= 4 is 18.1 Å². The molecule has 2 aromatic rings. The smallest absolute Gasteiger partial charge is 0.431 e. The van der Waals surface area contributed by atoms with Gasteiger partial charge < -0.3 is 19.6 Å². The fourth-order valence-electron chi connectivity index (χ4n) is 1.78. The van der Waals surface area contributed by atoms with Crippen molar-refractivity contribution in [3.63, 3.8) is 0 Å². The number of aromatic amines is 1. The lowest BCUT2D eigenvalue weighted by atomic mass is 10.1. The van der Waals surface area contributed by atoms with E-state index in [1.807, 2.05) is 0 Å². The van der Waals surface area contributed by atoms with Gasteiger partial charge in [-0.15, -0.1) is 0 Å². The molecule has 0 bridgehead atoms. The van der Waals surface area contributed by atoms with Crippen molar-refractivity contribution in [3.8, 4) is 5.75 Å². The Labute approximate surface area is 133 Å². The highest BCUT2D eigenvalue weighted by atomic mass is 19.4. The number of benzene rings is 1. The minimum Gasteiger partial charge on any atom is -0.546 e. The standard InChI is InChI=1S/C15H11F3N2O4/c16-15(17,18)12-7-10(19-14(23)20-12)6-5-9-3-1-2-4-11(9)24-8-13(21)22/h1-7H,8H2,(H,21,22)(H,19,20,23)/p-1/b6-5-. The van der Waals surface area contributed by atoms with Crippen molar-refractivity contribution in [1.29, 1.82) is 0 Å². The predicted molar refractivity (Wildman–Crippen MR) is 75.7 cm³/mol. The Morgan fingerprint density at radius 2 is 2.00 bits per heavy atom. The number of alkyl halides is 3. The number of nitrogens with one attached hydrogen (secondary N) is 1. The number of carboxylic acid groups (broad SMARTS) is 1. The number of aromatic nitrogens is 2. The Hall–Kier alpha value is -3.10. The molecule has 1 heterocycles. The highest BCUT2D eigenvalue weighted by molar-refractivity contribution is 5.72. The van der Waals surface area contributed by atoms with E-state index in [9.17, 15) is 27.9 Å². The van der Waals surface area contributed by atoms with Crippen LogP contribution in [0.25, 0.3) is 12.2 Å². The molecular formula is C15H10F3N2O4-. The minimum atomic E-state index is -4.71.